The van der Waals surface area contributed by atoms with E-state index in [0.717, 1.165) is 25.9 Å². The first kappa shape index (κ1) is 12.5. The van der Waals surface area contributed by atoms with E-state index in [1.807, 2.05) is 18.7 Å². The number of hydrogen-bond donors (Lipinski definition) is 1. The number of fused-ring (bicyclic) bond motifs is 2. The summed E-state index contributed by atoms with van der Waals surface area (Å²) >= 11 is 0. The average Bonchev–Trinajstić information content (AvgIpc) is 2.53. The van der Waals surface area contributed by atoms with Crippen molar-refractivity contribution in [3.8, 4) is 0 Å². The number of likely N-dealkylation sites (tertiary alicyclic amines) is 1. The van der Waals surface area contributed by atoms with Crippen molar-refractivity contribution >= 4 is 5.91 Å². The maximum Gasteiger partial charge on any atom is 0.248 e. The molecule has 4 heteroatoms. The Morgan fingerprint density at radius 2 is 1.73 bits per heavy atom. The molecular weight excluding hydrogens is 192 g/mol. The van der Waals surface area contributed by atoms with Crippen LogP contribution in [0.3, 0.4) is 0 Å². The lowest BCUT2D eigenvalue weighted by Gasteiger charge is -2.39. The number of aliphatic hydroxyl groups is 1. The normalized spacial score (nSPS) is 29.7. The first-order valence-corrected chi connectivity index (χ1v) is 5.83. The predicted octanol–water partition coefficient (Wildman–Crippen LogP) is 0.310. The Hall–Kier alpha value is -0.610. The first-order chi connectivity index (χ1) is 7.22. The summed E-state index contributed by atoms with van der Waals surface area (Å²) in [6, 6.07) is 0.701. The molecule has 2 unspecified atom stereocenters. The molecule has 2 saturated heterocycles. The van der Waals surface area contributed by atoms with Gasteiger partial charge in [0.1, 0.15) is 6.61 Å². The van der Waals surface area contributed by atoms with Gasteiger partial charge < -0.3 is 14.9 Å². The van der Waals surface area contributed by atoms with E-state index in [1.165, 1.54) is 0 Å². The van der Waals surface area contributed by atoms with E-state index >= 15 is 0 Å². The molecule has 0 aromatic heterocycles. The lowest BCUT2D eigenvalue weighted by atomic mass is 10.2. The van der Waals surface area contributed by atoms with Crippen molar-refractivity contribution in [3.05, 3.63) is 0 Å². The second kappa shape index (κ2) is 5.47. The molecule has 2 heterocycles. The molecule has 0 saturated carbocycles. The van der Waals surface area contributed by atoms with Gasteiger partial charge in [0.25, 0.3) is 0 Å². The van der Waals surface area contributed by atoms with E-state index in [1.54, 1.807) is 0 Å². The average molecular weight is 214 g/mol. The zero-order chi connectivity index (χ0) is 11.4. The summed E-state index contributed by atoms with van der Waals surface area (Å²) < 4.78 is 0. The van der Waals surface area contributed by atoms with Crippen LogP contribution in [0, 0.1) is 0 Å². The largest absolute Gasteiger partial charge is 0.387 e. The Kier molecular flexibility index (Phi) is 4.54. The van der Waals surface area contributed by atoms with Crippen LogP contribution in [0.15, 0.2) is 0 Å². The van der Waals surface area contributed by atoms with Gasteiger partial charge in [-0.2, -0.15) is 0 Å². The molecule has 2 aliphatic rings. The monoisotopic (exact) mass is 214 g/mol. The van der Waals surface area contributed by atoms with Gasteiger partial charge in [-0.05, 0) is 19.9 Å². The molecule has 4 nitrogen and oxygen atoms in total. The van der Waals surface area contributed by atoms with Crippen LogP contribution in [-0.4, -0.2) is 59.6 Å². The van der Waals surface area contributed by atoms with Gasteiger partial charge in [-0.15, -0.1) is 0 Å². The Bertz CT molecular complexity index is 207. The molecule has 2 bridgehead atoms. The maximum atomic E-state index is 11.4. The summed E-state index contributed by atoms with van der Waals surface area (Å²) in [5, 5.41) is 8.81. The molecule has 2 atom stereocenters. The van der Waals surface area contributed by atoms with Crippen molar-refractivity contribution in [1.82, 2.24) is 9.80 Å². The fourth-order valence-corrected chi connectivity index (χ4v) is 2.60. The molecule has 0 aromatic rings. The number of amides is 1. The van der Waals surface area contributed by atoms with Gasteiger partial charge in [0.2, 0.25) is 5.91 Å². The van der Waals surface area contributed by atoms with E-state index in [0.29, 0.717) is 12.1 Å². The molecule has 88 valence electrons. The van der Waals surface area contributed by atoms with Crippen LogP contribution in [-0.2, 0) is 4.79 Å². The number of piperazine rings is 1. The van der Waals surface area contributed by atoms with E-state index in [-0.39, 0.29) is 12.5 Å². The second-order valence-electron chi connectivity index (χ2n) is 4.07. The van der Waals surface area contributed by atoms with Crippen molar-refractivity contribution in [3.63, 3.8) is 0 Å². The zero-order valence-corrected chi connectivity index (χ0v) is 9.94. The molecule has 2 fully saturated rings. The third kappa shape index (κ3) is 2.49. The fourth-order valence-electron chi connectivity index (χ4n) is 2.60. The zero-order valence-electron chi connectivity index (χ0n) is 9.94. The standard InChI is InChI=1S/C9H16N2O2.C2H6/c1-10-4-7-2-3-8(5-10)11(7)9(13)6-12;1-2/h7-8,12H,2-6H2,1H3;1-2H3. The Labute approximate surface area is 91.9 Å². The minimum Gasteiger partial charge on any atom is -0.387 e. The van der Waals surface area contributed by atoms with Crippen molar-refractivity contribution in [2.45, 2.75) is 38.8 Å². The van der Waals surface area contributed by atoms with E-state index in [4.69, 9.17) is 5.11 Å². The Balaban J connectivity index is 0.000000531. The van der Waals surface area contributed by atoms with Gasteiger partial charge in [-0.25, -0.2) is 0 Å². The highest BCUT2D eigenvalue weighted by molar-refractivity contribution is 5.78. The molecule has 2 rings (SSSR count). The Morgan fingerprint density at radius 1 is 1.27 bits per heavy atom. The molecule has 1 amide bonds. The molecule has 0 aromatic carbocycles. The summed E-state index contributed by atoms with van der Waals surface area (Å²) in [6.07, 6.45) is 2.20. The molecular formula is C11H22N2O2. The Morgan fingerprint density at radius 3 is 2.13 bits per heavy atom. The van der Waals surface area contributed by atoms with Crippen molar-refractivity contribution < 1.29 is 9.90 Å². The van der Waals surface area contributed by atoms with Crippen LogP contribution in [0.4, 0.5) is 0 Å². The highest BCUT2D eigenvalue weighted by Gasteiger charge is 2.40. The molecule has 0 spiro atoms. The lowest BCUT2D eigenvalue weighted by molar-refractivity contribution is -0.139. The summed E-state index contributed by atoms with van der Waals surface area (Å²) in [4.78, 5) is 15.5. The highest BCUT2D eigenvalue weighted by atomic mass is 16.3. The molecule has 0 radical (unpaired) electrons. The van der Waals surface area contributed by atoms with Crippen LogP contribution in [0.25, 0.3) is 0 Å². The van der Waals surface area contributed by atoms with E-state index < -0.39 is 0 Å². The first-order valence-electron chi connectivity index (χ1n) is 5.83. The minimum absolute atomic E-state index is 0.0967. The second-order valence-corrected chi connectivity index (χ2v) is 4.07. The van der Waals surface area contributed by atoms with Gasteiger partial charge in [-0.3, -0.25) is 4.79 Å². The third-order valence-corrected chi connectivity index (χ3v) is 3.09. The lowest BCUT2D eigenvalue weighted by Crippen LogP contribution is -2.55. The number of aliphatic hydroxyl groups excluding tert-OH is 1. The van der Waals surface area contributed by atoms with Gasteiger partial charge in [0, 0.05) is 25.2 Å². The smallest absolute Gasteiger partial charge is 0.248 e. The topological polar surface area (TPSA) is 43.8 Å². The fraction of sp³-hybridized carbons (Fsp3) is 0.909. The molecule has 1 N–H and O–H groups in total. The number of nitrogens with zero attached hydrogens (tertiary/aromatic N) is 2. The number of carbonyl (C=O) groups is 1. The molecule has 15 heavy (non-hydrogen) atoms. The predicted molar refractivity (Wildman–Crippen MR) is 59.6 cm³/mol. The van der Waals surface area contributed by atoms with Crippen LogP contribution in [0.2, 0.25) is 0 Å². The third-order valence-electron chi connectivity index (χ3n) is 3.09. The summed E-state index contributed by atoms with van der Waals surface area (Å²) in [5.41, 5.74) is 0. The molecule has 2 aliphatic heterocycles. The van der Waals surface area contributed by atoms with Gasteiger partial charge in [-0.1, -0.05) is 13.8 Å². The number of hydrogen-bond acceptors (Lipinski definition) is 3. The summed E-state index contributed by atoms with van der Waals surface area (Å²) in [6.45, 7) is 5.58. The molecule has 0 aliphatic carbocycles. The van der Waals surface area contributed by atoms with Crippen molar-refractivity contribution in [2.24, 2.45) is 0 Å². The van der Waals surface area contributed by atoms with Gasteiger partial charge >= 0.3 is 0 Å². The quantitative estimate of drug-likeness (QED) is 0.683. The van der Waals surface area contributed by atoms with Gasteiger partial charge in [0.15, 0.2) is 0 Å². The highest BCUT2D eigenvalue weighted by Crippen LogP contribution is 2.29. The van der Waals surface area contributed by atoms with Crippen LogP contribution < -0.4 is 0 Å². The maximum absolute atomic E-state index is 11.4. The van der Waals surface area contributed by atoms with E-state index in [9.17, 15) is 4.79 Å². The number of rotatable bonds is 1. The van der Waals surface area contributed by atoms with Crippen molar-refractivity contribution in [1.29, 1.82) is 0 Å². The summed E-state index contributed by atoms with van der Waals surface area (Å²) in [5.74, 6) is -0.0967. The van der Waals surface area contributed by atoms with Crippen molar-refractivity contribution in [2.75, 3.05) is 26.7 Å². The van der Waals surface area contributed by atoms with Crippen LogP contribution >= 0.6 is 0 Å². The SMILES string of the molecule is CC.CN1CC2CCC(C1)N2C(=O)CO. The number of carbonyl (C=O) groups excluding carboxylic acids is 1. The van der Waals surface area contributed by atoms with Gasteiger partial charge in [0.05, 0.1) is 0 Å². The van der Waals surface area contributed by atoms with Crippen LogP contribution in [0.1, 0.15) is 26.7 Å². The minimum atomic E-state index is -0.337. The van der Waals surface area contributed by atoms with Crippen LogP contribution in [0.5, 0.6) is 0 Å². The summed E-state index contributed by atoms with van der Waals surface area (Å²) in [7, 11) is 2.09. The van der Waals surface area contributed by atoms with E-state index in [2.05, 4.69) is 11.9 Å². The number of likely N-dealkylation sites (N-methyl/N-ethyl adjacent to an activating group) is 1.